The molecule has 9 heteroatoms. The summed E-state index contributed by atoms with van der Waals surface area (Å²) in [7, 11) is 1.54. The van der Waals surface area contributed by atoms with Gasteiger partial charge in [-0.1, -0.05) is 6.07 Å². The first kappa shape index (κ1) is 21.5. The number of ether oxygens (including phenoxy) is 1. The van der Waals surface area contributed by atoms with Gasteiger partial charge >= 0.3 is 0 Å². The van der Waals surface area contributed by atoms with E-state index in [0.29, 0.717) is 35.4 Å². The van der Waals surface area contributed by atoms with Gasteiger partial charge in [0.05, 0.1) is 12.3 Å². The van der Waals surface area contributed by atoms with Crippen molar-refractivity contribution < 1.29 is 19.3 Å². The number of benzene rings is 2. The maximum Gasteiger partial charge on any atom is 0.256 e. The molecular formula is C23H21F3N4O2. The summed E-state index contributed by atoms with van der Waals surface area (Å²) in [6.07, 6.45) is 0. The number of fused-ring (bicyclic) bond motifs is 1. The van der Waals surface area contributed by atoms with E-state index in [1.54, 1.807) is 13.0 Å². The fraction of sp³-hybridized carbons (Fsp3) is 0.174. The molecule has 32 heavy (non-hydrogen) atoms. The second-order valence-electron chi connectivity index (χ2n) is 7.09. The van der Waals surface area contributed by atoms with Crippen LogP contribution >= 0.6 is 0 Å². The van der Waals surface area contributed by atoms with Gasteiger partial charge in [0.25, 0.3) is 5.56 Å². The summed E-state index contributed by atoms with van der Waals surface area (Å²) in [5.41, 5.74) is 0.389. The molecule has 1 N–H and O–H groups in total. The highest BCUT2D eigenvalue weighted by molar-refractivity contribution is 5.93. The Hall–Kier alpha value is -3.72. The molecule has 0 amide bonds. The van der Waals surface area contributed by atoms with Gasteiger partial charge in [-0.2, -0.15) is 4.98 Å². The first-order valence-corrected chi connectivity index (χ1v) is 9.78. The van der Waals surface area contributed by atoms with Crippen LogP contribution in [0.5, 0.6) is 0 Å². The summed E-state index contributed by atoms with van der Waals surface area (Å²) in [6.45, 7) is 2.43. The molecule has 0 aliphatic rings. The maximum absolute atomic E-state index is 14.6. The zero-order chi connectivity index (χ0) is 22.8. The van der Waals surface area contributed by atoms with Crippen LogP contribution in [-0.2, 0) is 4.74 Å². The van der Waals surface area contributed by atoms with Gasteiger partial charge in [0, 0.05) is 32.1 Å². The van der Waals surface area contributed by atoms with E-state index in [1.807, 2.05) is 0 Å². The van der Waals surface area contributed by atoms with Crippen molar-refractivity contribution in [2.24, 2.45) is 0 Å². The zero-order valence-corrected chi connectivity index (χ0v) is 17.3. The quantitative estimate of drug-likeness (QED) is 0.446. The van der Waals surface area contributed by atoms with Crippen LogP contribution in [0.3, 0.4) is 0 Å². The summed E-state index contributed by atoms with van der Waals surface area (Å²) in [5, 5.41) is 3.36. The van der Waals surface area contributed by atoms with Gasteiger partial charge in [0.2, 0.25) is 5.95 Å². The van der Waals surface area contributed by atoms with E-state index in [4.69, 9.17) is 4.74 Å². The normalized spacial score (nSPS) is 11.2. The smallest absolute Gasteiger partial charge is 0.256 e. The molecule has 0 unspecified atom stereocenters. The maximum atomic E-state index is 14.6. The van der Waals surface area contributed by atoms with Crippen molar-refractivity contribution in [2.45, 2.75) is 6.92 Å². The van der Waals surface area contributed by atoms with Gasteiger partial charge in [0.15, 0.2) is 5.65 Å². The standard InChI is InChI=1S/C23H19F3N4O2.H2/c1-13-12-14(24)6-7-15(13)20-16-8-9-19(31)30(21-17(25)4-3-5-18(21)26)22(16)29-23(28-20)27-10-11-32-2;/h3-9,12H,10-11H2,1-2H3,(H,27,28,29);1H. The number of aryl methyl sites for hydroxylation is 1. The largest absolute Gasteiger partial charge is 0.383 e. The topological polar surface area (TPSA) is 69.0 Å². The van der Waals surface area contributed by atoms with Crippen molar-refractivity contribution in [2.75, 3.05) is 25.6 Å². The van der Waals surface area contributed by atoms with Crippen LogP contribution in [0.1, 0.15) is 6.99 Å². The summed E-state index contributed by atoms with van der Waals surface area (Å²) in [4.78, 5) is 21.7. The van der Waals surface area contributed by atoms with Crippen molar-refractivity contribution in [1.29, 1.82) is 0 Å². The Bertz CT molecular complexity index is 1360. The number of methoxy groups -OCH3 is 1. The molecule has 6 nitrogen and oxygen atoms in total. The number of nitrogens with one attached hydrogen (secondary N) is 1. The fourth-order valence-electron chi connectivity index (χ4n) is 3.48. The molecule has 4 rings (SSSR count). The molecule has 0 fully saturated rings. The average Bonchev–Trinajstić information content (AvgIpc) is 2.75. The fourth-order valence-corrected chi connectivity index (χ4v) is 3.48. The van der Waals surface area contributed by atoms with Gasteiger partial charge in [0.1, 0.15) is 23.1 Å². The Labute approximate surface area is 182 Å². The third-order valence-corrected chi connectivity index (χ3v) is 4.94. The minimum absolute atomic E-state index is 0. The van der Waals surface area contributed by atoms with Gasteiger partial charge < -0.3 is 10.1 Å². The monoisotopic (exact) mass is 442 g/mol. The average molecular weight is 442 g/mol. The van der Waals surface area contributed by atoms with E-state index >= 15 is 0 Å². The summed E-state index contributed by atoms with van der Waals surface area (Å²) in [6, 6.07) is 10.2. The highest BCUT2D eigenvalue weighted by Crippen LogP contribution is 2.31. The lowest BCUT2D eigenvalue weighted by Crippen LogP contribution is -2.22. The van der Waals surface area contributed by atoms with Crippen LogP contribution in [0.4, 0.5) is 19.1 Å². The SMILES string of the molecule is COCCNc1nc(-c2ccc(F)cc2C)c2ccc(=O)n(-c3c(F)cccc3F)c2n1.[HH]. The lowest BCUT2D eigenvalue weighted by molar-refractivity contribution is 0.210. The molecule has 0 radical (unpaired) electrons. The summed E-state index contributed by atoms with van der Waals surface area (Å²) < 4.78 is 48.8. The van der Waals surface area contributed by atoms with Crippen LogP contribution in [0, 0.1) is 24.4 Å². The lowest BCUT2D eigenvalue weighted by atomic mass is 10.0. The van der Waals surface area contributed by atoms with Gasteiger partial charge in [-0.25, -0.2) is 18.2 Å². The molecule has 0 spiro atoms. The number of hydrogen-bond donors (Lipinski definition) is 1. The van der Waals surface area contributed by atoms with Crippen molar-refractivity contribution in [3.8, 4) is 16.9 Å². The number of halogens is 3. The third-order valence-electron chi connectivity index (χ3n) is 4.94. The van der Waals surface area contributed by atoms with E-state index in [1.165, 1.54) is 37.4 Å². The molecule has 0 saturated heterocycles. The van der Waals surface area contributed by atoms with Crippen LogP contribution in [0.15, 0.2) is 53.3 Å². The van der Waals surface area contributed by atoms with E-state index in [2.05, 4.69) is 15.3 Å². The second-order valence-corrected chi connectivity index (χ2v) is 7.09. The van der Waals surface area contributed by atoms with Gasteiger partial charge in [-0.3, -0.25) is 9.36 Å². The molecule has 166 valence electrons. The second kappa shape index (κ2) is 8.80. The molecule has 2 aromatic heterocycles. The minimum Gasteiger partial charge on any atom is -0.383 e. The number of aromatic nitrogens is 3. The molecule has 0 bridgehead atoms. The van der Waals surface area contributed by atoms with Crippen LogP contribution in [0.2, 0.25) is 0 Å². The Kier molecular flexibility index (Phi) is 5.91. The molecular weight excluding hydrogens is 421 g/mol. The number of para-hydroxylation sites is 1. The molecule has 0 aliphatic carbocycles. The predicted molar refractivity (Wildman–Crippen MR) is 118 cm³/mol. The van der Waals surface area contributed by atoms with Crippen molar-refractivity contribution >= 4 is 17.0 Å². The minimum atomic E-state index is -0.911. The van der Waals surface area contributed by atoms with Crippen LogP contribution in [0.25, 0.3) is 28.0 Å². The summed E-state index contributed by atoms with van der Waals surface area (Å²) >= 11 is 0. The number of nitrogens with zero attached hydrogens (tertiary/aromatic N) is 3. The van der Waals surface area contributed by atoms with Crippen molar-refractivity contribution in [1.82, 2.24) is 14.5 Å². The molecule has 0 saturated carbocycles. The first-order valence-electron chi connectivity index (χ1n) is 9.78. The zero-order valence-electron chi connectivity index (χ0n) is 17.3. The molecule has 4 aromatic rings. The van der Waals surface area contributed by atoms with Crippen molar-refractivity contribution in [3.63, 3.8) is 0 Å². The van der Waals surface area contributed by atoms with Crippen molar-refractivity contribution in [3.05, 3.63) is 81.9 Å². The highest BCUT2D eigenvalue weighted by Gasteiger charge is 2.20. The van der Waals surface area contributed by atoms with E-state index in [0.717, 1.165) is 16.7 Å². The number of pyridine rings is 1. The molecule has 2 aromatic carbocycles. The number of rotatable bonds is 6. The number of hydrogen-bond acceptors (Lipinski definition) is 5. The Morgan fingerprint density at radius 3 is 2.50 bits per heavy atom. The van der Waals surface area contributed by atoms with Crippen LogP contribution in [-0.4, -0.2) is 34.8 Å². The van der Waals surface area contributed by atoms with E-state index in [-0.39, 0.29) is 13.0 Å². The Morgan fingerprint density at radius 1 is 1.06 bits per heavy atom. The molecule has 2 heterocycles. The predicted octanol–water partition coefficient (Wildman–Crippen LogP) is 4.48. The van der Waals surface area contributed by atoms with Crippen LogP contribution < -0.4 is 10.9 Å². The Morgan fingerprint density at radius 2 is 1.81 bits per heavy atom. The third kappa shape index (κ3) is 3.94. The lowest BCUT2D eigenvalue weighted by Gasteiger charge is -2.16. The van der Waals surface area contributed by atoms with Gasteiger partial charge in [-0.15, -0.1) is 0 Å². The Balaban J connectivity index is 0.00000306. The van der Waals surface area contributed by atoms with Gasteiger partial charge in [-0.05, 0) is 48.9 Å². The van der Waals surface area contributed by atoms with E-state index in [9.17, 15) is 18.0 Å². The molecule has 0 atom stereocenters. The highest BCUT2D eigenvalue weighted by atomic mass is 19.1. The first-order chi connectivity index (χ1) is 15.4. The summed E-state index contributed by atoms with van der Waals surface area (Å²) in [5.74, 6) is -2.10. The molecule has 0 aliphatic heterocycles. The van der Waals surface area contributed by atoms with E-state index < -0.39 is 28.7 Å². The number of anilines is 1.